The molecule has 19 heavy (non-hydrogen) atoms. The number of benzene rings is 1. The minimum Gasteiger partial charge on any atom is -0.496 e. The smallest absolute Gasteiger partial charge is 0.335 e. The maximum atomic E-state index is 10.7. The van der Waals surface area contributed by atoms with Crippen LogP contribution in [-0.4, -0.2) is 42.1 Å². The molecule has 1 aromatic rings. The molecule has 0 aliphatic carbocycles. The van der Waals surface area contributed by atoms with E-state index in [1.165, 1.54) is 19.2 Å². The van der Waals surface area contributed by atoms with E-state index in [9.17, 15) is 4.79 Å². The fraction of sp³-hybridized carbons (Fsp3) is 0.500. The van der Waals surface area contributed by atoms with Gasteiger partial charge in [-0.1, -0.05) is 19.9 Å². The van der Waals surface area contributed by atoms with Gasteiger partial charge in [0.25, 0.3) is 0 Å². The van der Waals surface area contributed by atoms with Crippen molar-refractivity contribution in [2.24, 2.45) is 0 Å². The molecule has 0 aromatic heterocycles. The van der Waals surface area contributed by atoms with Crippen LogP contribution >= 0.6 is 0 Å². The molecular weight excluding hydrogens is 248 g/mol. The molecular formula is C14H24O5. The Bertz CT molecular complexity index is 350. The summed E-state index contributed by atoms with van der Waals surface area (Å²) in [7, 11) is 2.50. The molecule has 0 fully saturated rings. The van der Waals surface area contributed by atoms with Gasteiger partial charge in [0.2, 0.25) is 0 Å². The molecule has 0 aliphatic rings. The number of methoxy groups -OCH3 is 1. The molecule has 1 rings (SSSR count). The van der Waals surface area contributed by atoms with Gasteiger partial charge in [-0.25, -0.2) is 4.79 Å². The Kier molecular flexibility index (Phi) is 13.4. The number of aliphatic hydroxyl groups is 2. The summed E-state index contributed by atoms with van der Waals surface area (Å²) < 4.78 is 5.09. The number of aromatic carboxylic acids is 1. The first-order valence-electron chi connectivity index (χ1n) is 6.15. The summed E-state index contributed by atoms with van der Waals surface area (Å²) in [6.45, 7) is 4.11. The van der Waals surface area contributed by atoms with Crippen molar-refractivity contribution in [3.8, 4) is 5.75 Å². The number of hydrogen-bond donors (Lipinski definition) is 3. The third-order valence-electron chi connectivity index (χ3n) is 2.14. The Morgan fingerprint density at radius 2 is 1.84 bits per heavy atom. The van der Waals surface area contributed by atoms with Gasteiger partial charge in [0.05, 0.1) is 12.7 Å². The van der Waals surface area contributed by atoms with E-state index in [0.717, 1.165) is 12.7 Å². The maximum absolute atomic E-state index is 10.7. The van der Waals surface area contributed by atoms with Gasteiger partial charge >= 0.3 is 5.97 Å². The van der Waals surface area contributed by atoms with Gasteiger partial charge in [-0.05, 0) is 30.5 Å². The monoisotopic (exact) mass is 272 g/mol. The molecule has 0 unspecified atom stereocenters. The fourth-order valence-corrected chi connectivity index (χ4v) is 1.35. The van der Waals surface area contributed by atoms with E-state index < -0.39 is 5.97 Å². The number of carboxylic acids is 1. The molecule has 5 heteroatoms. The van der Waals surface area contributed by atoms with Gasteiger partial charge in [0.1, 0.15) is 5.75 Å². The van der Waals surface area contributed by atoms with E-state index in [1.807, 2.05) is 13.8 Å². The largest absolute Gasteiger partial charge is 0.496 e. The lowest BCUT2D eigenvalue weighted by Gasteiger charge is -2.08. The lowest BCUT2D eigenvalue weighted by Crippen LogP contribution is -2.00. The van der Waals surface area contributed by atoms with Gasteiger partial charge in [0.15, 0.2) is 0 Å². The molecule has 0 atom stereocenters. The van der Waals surface area contributed by atoms with Crippen LogP contribution in [0.4, 0.5) is 0 Å². The Hall–Kier alpha value is -1.59. The van der Waals surface area contributed by atoms with Crippen molar-refractivity contribution >= 4 is 5.97 Å². The van der Waals surface area contributed by atoms with Crippen LogP contribution in [0.3, 0.4) is 0 Å². The highest BCUT2D eigenvalue weighted by atomic mass is 16.5. The Labute approximate surface area is 114 Å². The van der Waals surface area contributed by atoms with E-state index >= 15 is 0 Å². The van der Waals surface area contributed by atoms with Crippen LogP contribution in [0, 0.1) is 0 Å². The van der Waals surface area contributed by atoms with Gasteiger partial charge in [0, 0.05) is 13.7 Å². The second-order valence-corrected chi connectivity index (χ2v) is 3.16. The highest BCUT2D eigenvalue weighted by Gasteiger charge is 2.08. The van der Waals surface area contributed by atoms with Crippen molar-refractivity contribution in [3.63, 3.8) is 0 Å². The molecule has 0 saturated heterocycles. The van der Waals surface area contributed by atoms with Crippen molar-refractivity contribution in [2.75, 3.05) is 20.8 Å². The summed E-state index contributed by atoms with van der Waals surface area (Å²) >= 11 is 0. The van der Waals surface area contributed by atoms with Crippen LogP contribution in [0.25, 0.3) is 0 Å². The minimum atomic E-state index is -0.970. The molecule has 0 amide bonds. The summed E-state index contributed by atoms with van der Waals surface area (Å²) in [5, 5.41) is 24.5. The highest BCUT2D eigenvalue weighted by molar-refractivity contribution is 5.88. The molecule has 0 heterocycles. The van der Waals surface area contributed by atoms with E-state index in [0.29, 0.717) is 18.6 Å². The fourth-order valence-electron chi connectivity index (χ4n) is 1.35. The van der Waals surface area contributed by atoms with Crippen LogP contribution in [-0.2, 0) is 6.42 Å². The van der Waals surface area contributed by atoms with E-state index in [1.54, 1.807) is 6.07 Å². The first-order chi connectivity index (χ1) is 9.19. The maximum Gasteiger partial charge on any atom is 0.335 e. The molecule has 0 saturated carbocycles. The molecule has 0 bridgehead atoms. The minimum absolute atomic E-state index is 0.115. The van der Waals surface area contributed by atoms with Crippen molar-refractivity contribution in [2.45, 2.75) is 26.7 Å². The van der Waals surface area contributed by atoms with Gasteiger partial charge in [-0.3, -0.25) is 0 Å². The van der Waals surface area contributed by atoms with Crippen molar-refractivity contribution in [1.29, 1.82) is 0 Å². The van der Waals surface area contributed by atoms with E-state index in [-0.39, 0.29) is 12.2 Å². The summed E-state index contributed by atoms with van der Waals surface area (Å²) in [4.78, 5) is 10.7. The average Bonchev–Trinajstić information content (AvgIpc) is 2.48. The van der Waals surface area contributed by atoms with Gasteiger partial charge in [-0.15, -0.1) is 0 Å². The Morgan fingerprint density at radius 1 is 1.26 bits per heavy atom. The zero-order valence-electron chi connectivity index (χ0n) is 12.0. The zero-order valence-corrected chi connectivity index (χ0v) is 12.0. The van der Waals surface area contributed by atoms with Crippen LogP contribution < -0.4 is 4.74 Å². The number of aryl methyl sites for hydroxylation is 1. The highest BCUT2D eigenvalue weighted by Crippen LogP contribution is 2.21. The second kappa shape index (κ2) is 12.9. The number of carbonyl (C=O) groups is 1. The quantitative estimate of drug-likeness (QED) is 0.762. The van der Waals surface area contributed by atoms with E-state index in [2.05, 4.69) is 0 Å². The van der Waals surface area contributed by atoms with Crippen LogP contribution in [0.15, 0.2) is 18.2 Å². The average molecular weight is 272 g/mol. The summed E-state index contributed by atoms with van der Waals surface area (Å²) in [6.07, 6.45) is 1.32. The first kappa shape index (κ1) is 19.7. The third kappa shape index (κ3) is 7.43. The van der Waals surface area contributed by atoms with Crippen LogP contribution in [0.5, 0.6) is 5.75 Å². The molecule has 0 spiro atoms. The lowest BCUT2D eigenvalue weighted by molar-refractivity contribution is 0.0696. The number of aliphatic hydroxyl groups excluding tert-OH is 2. The van der Waals surface area contributed by atoms with Gasteiger partial charge in [-0.2, -0.15) is 0 Å². The molecule has 0 radical (unpaired) electrons. The normalized spacial score (nSPS) is 8.53. The number of carboxylic acid groups (broad SMARTS) is 1. The molecule has 0 aliphatic heterocycles. The Morgan fingerprint density at radius 3 is 2.26 bits per heavy atom. The van der Waals surface area contributed by atoms with Crippen molar-refractivity contribution < 1.29 is 24.9 Å². The van der Waals surface area contributed by atoms with Crippen LogP contribution in [0.2, 0.25) is 0 Å². The second-order valence-electron chi connectivity index (χ2n) is 3.16. The Balaban J connectivity index is 0. The van der Waals surface area contributed by atoms with Crippen LogP contribution in [0.1, 0.15) is 36.2 Å². The number of ether oxygens (including phenoxy) is 1. The van der Waals surface area contributed by atoms with Crippen molar-refractivity contribution in [1.82, 2.24) is 0 Å². The first-order valence-corrected chi connectivity index (χ1v) is 6.15. The van der Waals surface area contributed by atoms with Crippen molar-refractivity contribution in [3.05, 3.63) is 29.3 Å². The molecule has 1 aromatic carbocycles. The standard InChI is InChI=1S/C11H14O4.C2H6.CH4O/c1-15-10-7-9(11(13)14)5-4-8(10)3-2-6-12;2*1-2/h4-5,7,12H,2-3,6H2,1H3,(H,13,14);1-2H3;2H,1H3. The predicted octanol–water partition coefficient (Wildman–Crippen LogP) is 1.95. The number of rotatable bonds is 5. The van der Waals surface area contributed by atoms with E-state index in [4.69, 9.17) is 20.1 Å². The topological polar surface area (TPSA) is 87.0 Å². The molecule has 5 nitrogen and oxygen atoms in total. The molecule has 110 valence electrons. The number of hydrogen-bond acceptors (Lipinski definition) is 4. The summed E-state index contributed by atoms with van der Waals surface area (Å²) in [6, 6.07) is 4.75. The summed E-state index contributed by atoms with van der Waals surface area (Å²) in [5.74, 6) is -0.412. The SMILES string of the molecule is CC.CO.COc1cc(C(=O)O)ccc1CCCO. The van der Waals surface area contributed by atoms with Gasteiger partial charge < -0.3 is 20.1 Å². The lowest BCUT2D eigenvalue weighted by atomic mass is 10.1. The zero-order chi connectivity index (χ0) is 15.3. The molecule has 3 N–H and O–H groups in total. The third-order valence-corrected chi connectivity index (χ3v) is 2.14. The summed E-state index contributed by atoms with van der Waals surface area (Å²) in [5.41, 5.74) is 1.12. The predicted molar refractivity (Wildman–Crippen MR) is 74.9 cm³/mol.